The van der Waals surface area contributed by atoms with Crippen LogP contribution < -0.4 is 11.1 Å². The van der Waals surface area contributed by atoms with Gasteiger partial charge in [-0.15, -0.1) is 0 Å². The van der Waals surface area contributed by atoms with Gasteiger partial charge in [0, 0.05) is 6.42 Å². The highest BCUT2D eigenvalue weighted by Crippen LogP contribution is 2.17. The maximum atomic E-state index is 12.1. The minimum Gasteiger partial charge on any atom is -0.350 e. The standard InChI is InChI=1S/C17H28N2O/c1-12(2)8-15(11-18)10-17(20)19-14(4)16-7-5-6-13(3)9-16/h5-7,9,12,14-15H,8,10-11,18H2,1-4H3,(H,19,20)/t14-,15?/m0/s1. The van der Waals surface area contributed by atoms with Gasteiger partial charge in [-0.25, -0.2) is 0 Å². The monoisotopic (exact) mass is 276 g/mol. The Bertz CT molecular complexity index is 429. The molecule has 0 bridgehead atoms. The molecule has 0 spiro atoms. The lowest BCUT2D eigenvalue weighted by Gasteiger charge is -2.19. The molecule has 0 aromatic heterocycles. The normalized spacial score (nSPS) is 14.1. The Morgan fingerprint density at radius 3 is 2.55 bits per heavy atom. The van der Waals surface area contributed by atoms with Crippen molar-refractivity contribution in [3.8, 4) is 0 Å². The quantitative estimate of drug-likeness (QED) is 0.803. The van der Waals surface area contributed by atoms with Gasteiger partial charge < -0.3 is 11.1 Å². The number of rotatable bonds is 7. The van der Waals surface area contributed by atoms with Crippen LogP contribution in [0.3, 0.4) is 0 Å². The van der Waals surface area contributed by atoms with E-state index in [2.05, 4.69) is 38.2 Å². The third kappa shape index (κ3) is 5.74. The van der Waals surface area contributed by atoms with Gasteiger partial charge in [0.15, 0.2) is 0 Å². The lowest BCUT2D eigenvalue weighted by Crippen LogP contribution is -2.30. The van der Waals surface area contributed by atoms with Crippen molar-refractivity contribution in [2.45, 2.75) is 46.6 Å². The zero-order valence-electron chi connectivity index (χ0n) is 13.1. The first-order valence-corrected chi connectivity index (χ1v) is 7.48. The van der Waals surface area contributed by atoms with Crippen LogP contribution in [0.4, 0.5) is 0 Å². The molecule has 20 heavy (non-hydrogen) atoms. The number of nitrogens with two attached hydrogens (primary N) is 1. The fraction of sp³-hybridized carbons (Fsp3) is 0.588. The van der Waals surface area contributed by atoms with Crippen LogP contribution in [-0.4, -0.2) is 12.5 Å². The van der Waals surface area contributed by atoms with E-state index in [-0.39, 0.29) is 17.9 Å². The number of aryl methyl sites for hydroxylation is 1. The summed E-state index contributed by atoms with van der Waals surface area (Å²) in [6.07, 6.45) is 1.52. The largest absolute Gasteiger partial charge is 0.350 e. The molecule has 0 fully saturated rings. The van der Waals surface area contributed by atoms with Gasteiger partial charge in [-0.1, -0.05) is 43.7 Å². The summed E-state index contributed by atoms with van der Waals surface area (Å²) in [5.41, 5.74) is 8.11. The number of hydrogen-bond acceptors (Lipinski definition) is 2. The molecule has 3 heteroatoms. The van der Waals surface area contributed by atoms with Crippen molar-refractivity contribution in [1.82, 2.24) is 5.32 Å². The van der Waals surface area contributed by atoms with Gasteiger partial charge in [0.05, 0.1) is 6.04 Å². The molecular weight excluding hydrogens is 248 g/mol. The molecule has 1 aromatic carbocycles. The molecule has 0 saturated heterocycles. The summed E-state index contributed by atoms with van der Waals surface area (Å²) in [6.45, 7) is 8.98. The summed E-state index contributed by atoms with van der Waals surface area (Å²) < 4.78 is 0. The van der Waals surface area contributed by atoms with E-state index in [1.54, 1.807) is 0 Å². The minimum atomic E-state index is 0.0416. The van der Waals surface area contributed by atoms with Gasteiger partial charge in [0.1, 0.15) is 0 Å². The van der Waals surface area contributed by atoms with Crippen LogP contribution in [-0.2, 0) is 4.79 Å². The molecule has 1 aromatic rings. The molecule has 1 rings (SSSR count). The van der Waals surface area contributed by atoms with Gasteiger partial charge in [-0.05, 0) is 44.2 Å². The van der Waals surface area contributed by atoms with E-state index in [4.69, 9.17) is 5.73 Å². The van der Waals surface area contributed by atoms with E-state index in [0.717, 1.165) is 12.0 Å². The number of benzene rings is 1. The highest BCUT2D eigenvalue weighted by Gasteiger charge is 2.16. The molecule has 3 N–H and O–H groups in total. The van der Waals surface area contributed by atoms with E-state index >= 15 is 0 Å². The Kier molecular flexibility index (Phi) is 6.73. The third-order valence-corrected chi connectivity index (χ3v) is 3.53. The molecule has 1 amide bonds. The topological polar surface area (TPSA) is 55.1 Å². The summed E-state index contributed by atoms with van der Waals surface area (Å²) in [5, 5.41) is 3.07. The predicted molar refractivity (Wildman–Crippen MR) is 84.4 cm³/mol. The third-order valence-electron chi connectivity index (χ3n) is 3.53. The average Bonchev–Trinajstić information content (AvgIpc) is 2.37. The maximum Gasteiger partial charge on any atom is 0.220 e. The summed E-state index contributed by atoms with van der Waals surface area (Å²) >= 11 is 0. The summed E-state index contributed by atoms with van der Waals surface area (Å²) in [5.74, 6) is 0.945. The number of amides is 1. The number of nitrogens with one attached hydrogen (secondary N) is 1. The second-order valence-corrected chi connectivity index (χ2v) is 6.14. The molecule has 1 unspecified atom stereocenters. The van der Waals surface area contributed by atoms with Crippen molar-refractivity contribution in [2.75, 3.05) is 6.54 Å². The number of carbonyl (C=O) groups is 1. The molecule has 0 saturated carbocycles. The van der Waals surface area contributed by atoms with Gasteiger partial charge in [0.2, 0.25) is 5.91 Å². The first-order chi connectivity index (χ1) is 9.42. The van der Waals surface area contributed by atoms with Crippen molar-refractivity contribution in [2.24, 2.45) is 17.6 Å². The first-order valence-electron chi connectivity index (χ1n) is 7.48. The van der Waals surface area contributed by atoms with Gasteiger partial charge in [0.25, 0.3) is 0 Å². The molecule has 112 valence electrons. The zero-order chi connectivity index (χ0) is 15.1. The minimum absolute atomic E-state index is 0.0416. The molecule has 0 aliphatic heterocycles. The molecule has 0 radical (unpaired) electrons. The Hall–Kier alpha value is -1.35. The molecule has 3 nitrogen and oxygen atoms in total. The number of hydrogen-bond donors (Lipinski definition) is 2. The first kappa shape index (κ1) is 16.7. The van der Waals surface area contributed by atoms with Crippen LogP contribution in [0.25, 0.3) is 0 Å². The zero-order valence-corrected chi connectivity index (χ0v) is 13.1. The van der Waals surface area contributed by atoms with Gasteiger partial charge in [-0.2, -0.15) is 0 Å². The van der Waals surface area contributed by atoms with Crippen molar-refractivity contribution in [3.63, 3.8) is 0 Å². The lowest BCUT2D eigenvalue weighted by molar-refractivity contribution is -0.122. The van der Waals surface area contributed by atoms with E-state index < -0.39 is 0 Å². The maximum absolute atomic E-state index is 12.1. The van der Waals surface area contributed by atoms with Crippen LogP contribution in [0.5, 0.6) is 0 Å². The van der Waals surface area contributed by atoms with Crippen LogP contribution >= 0.6 is 0 Å². The Balaban J connectivity index is 2.53. The molecule has 2 atom stereocenters. The van der Waals surface area contributed by atoms with Crippen molar-refractivity contribution >= 4 is 5.91 Å². The van der Waals surface area contributed by atoms with Crippen LogP contribution in [0.15, 0.2) is 24.3 Å². The van der Waals surface area contributed by atoms with Crippen molar-refractivity contribution in [3.05, 3.63) is 35.4 Å². The average molecular weight is 276 g/mol. The second kappa shape index (κ2) is 8.05. The van der Waals surface area contributed by atoms with Gasteiger partial charge in [-0.3, -0.25) is 4.79 Å². The van der Waals surface area contributed by atoms with E-state index in [0.29, 0.717) is 18.9 Å². The van der Waals surface area contributed by atoms with E-state index in [9.17, 15) is 4.79 Å². The second-order valence-electron chi connectivity index (χ2n) is 6.14. The van der Waals surface area contributed by atoms with Crippen LogP contribution in [0.2, 0.25) is 0 Å². The fourth-order valence-corrected chi connectivity index (χ4v) is 2.51. The molecule has 0 aliphatic carbocycles. The van der Waals surface area contributed by atoms with Crippen LogP contribution in [0.1, 0.15) is 50.8 Å². The Labute approximate surface area is 122 Å². The highest BCUT2D eigenvalue weighted by molar-refractivity contribution is 5.76. The Morgan fingerprint density at radius 2 is 2.00 bits per heavy atom. The fourth-order valence-electron chi connectivity index (χ4n) is 2.51. The number of carbonyl (C=O) groups excluding carboxylic acids is 1. The SMILES string of the molecule is Cc1cccc([C@H](C)NC(=O)CC(CN)CC(C)C)c1. The predicted octanol–water partition coefficient (Wildman–Crippen LogP) is 3.18. The van der Waals surface area contributed by atoms with Gasteiger partial charge >= 0.3 is 0 Å². The lowest BCUT2D eigenvalue weighted by atomic mass is 9.94. The van der Waals surface area contributed by atoms with E-state index in [1.165, 1.54) is 5.56 Å². The van der Waals surface area contributed by atoms with Crippen LogP contribution in [0, 0.1) is 18.8 Å². The summed E-state index contributed by atoms with van der Waals surface area (Å²) in [7, 11) is 0. The van der Waals surface area contributed by atoms with Crippen molar-refractivity contribution in [1.29, 1.82) is 0 Å². The summed E-state index contributed by atoms with van der Waals surface area (Å²) in [6, 6.07) is 8.28. The molecule has 0 heterocycles. The summed E-state index contributed by atoms with van der Waals surface area (Å²) in [4.78, 5) is 12.1. The Morgan fingerprint density at radius 1 is 1.30 bits per heavy atom. The molecular formula is C17H28N2O. The van der Waals surface area contributed by atoms with E-state index in [1.807, 2.05) is 19.1 Å². The van der Waals surface area contributed by atoms with Crippen molar-refractivity contribution < 1.29 is 4.79 Å². The highest BCUT2D eigenvalue weighted by atomic mass is 16.1. The molecule has 0 aliphatic rings. The smallest absolute Gasteiger partial charge is 0.220 e.